The van der Waals surface area contributed by atoms with Crippen molar-refractivity contribution < 1.29 is 24.2 Å². The molecule has 0 atom stereocenters. The van der Waals surface area contributed by atoms with Crippen LogP contribution in [0.15, 0.2) is 17.0 Å². The van der Waals surface area contributed by atoms with Crippen LogP contribution >= 0.6 is 11.8 Å². The average molecular weight is 295 g/mol. The Morgan fingerprint density at radius 1 is 1.20 bits per heavy atom. The molecular weight excluding hydrogens is 282 g/mol. The second-order valence-corrected chi connectivity index (χ2v) is 5.01. The van der Waals surface area contributed by atoms with Crippen molar-refractivity contribution in [2.75, 3.05) is 21.3 Å². The van der Waals surface area contributed by atoms with E-state index in [2.05, 4.69) is 0 Å². The number of carbonyl (C=O) groups is 2. The maximum atomic E-state index is 11.8. The van der Waals surface area contributed by atoms with Crippen molar-refractivity contribution in [2.45, 2.75) is 0 Å². The number of benzene rings is 1. The zero-order chi connectivity index (χ0) is 14.9. The summed E-state index contributed by atoms with van der Waals surface area (Å²) in [6, 6.07) is 3.11. The Bertz CT molecular complexity index is 586. The first-order valence-electron chi connectivity index (χ1n) is 5.64. The summed E-state index contributed by atoms with van der Waals surface area (Å²) in [6.07, 6.45) is 1.55. The molecule has 0 aromatic heterocycles. The van der Waals surface area contributed by atoms with Gasteiger partial charge in [-0.25, -0.2) is 0 Å². The molecule has 1 aromatic rings. The van der Waals surface area contributed by atoms with Gasteiger partial charge >= 0.3 is 0 Å². The molecule has 6 nitrogen and oxygen atoms in total. The molecule has 2 amide bonds. The van der Waals surface area contributed by atoms with E-state index in [9.17, 15) is 14.7 Å². The van der Waals surface area contributed by atoms with Gasteiger partial charge in [0.25, 0.3) is 11.1 Å². The summed E-state index contributed by atoms with van der Waals surface area (Å²) in [5.74, 6) is -0.0144. The van der Waals surface area contributed by atoms with Crippen molar-refractivity contribution >= 4 is 29.0 Å². The zero-order valence-corrected chi connectivity index (χ0v) is 12.0. The highest BCUT2D eigenvalue weighted by molar-refractivity contribution is 8.18. The lowest BCUT2D eigenvalue weighted by molar-refractivity contribution is -0.121. The van der Waals surface area contributed by atoms with E-state index in [1.807, 2.05) is 0 Å². The number of hydrogen-bond acceptors (Lipinski definition) is 6. The molecule has 1 heterocycles. The van der Waals surface area contributed by atoms with Crippen molar-refractivity contribution in [3.8, 4) is 17.2 Å². The Kier molecular flexibility index (Phi) is 3.89. The Morgan fingerprint density at radius 2 is 1.75 bits per heavy atom. The van der Waals surface area contributed by atoms with Gasteiger partial charge in [-0.3, -0.25) is 14.5 Å². The Labute approximate surface area is 120 Å². The highest BCUT2D eigenvalue weighted by Crippen LogP contribution is 2.39. The summed E-state index contributed by atoms with van der Waals surface area (Å²) in [4.78, 5) is 24.6. The number of imide groups is 1. The molecule has 0 radical (unpaired) electrons. The van der Waals surface area contributed by atoms with Gasteiger partial charge in [-0.15, -0.1) is 0 Å². The smallest absolute Gasteiger partial charge is 0.293 e. The molecule has 2 rings (SSSR count). The predicted molar refractivity (Wildman–Crippen MR) is 74.9 cm³/mol. The number of carbonyl (C=O) groups excluding carboxylic acids is 2. The van der Waals surface area contributed by atoms with Crippen molar-refractivity contribution in [3.63, 3.8) is 0 Å². The van der Waals surface area contributed by atoms with Crippen LogP contribution in [0.25, 0.3) is 6.08 Å². The third kappa shape index (κ3) is 2.44. The SMILES string of the molecule is COc1cc(/C=C2\SC(=O)N(C)C2=O)cc(OC)c1O. The van der Waals surface area contributed by atoms with Gasteiger partial charge in [0.1, 0.15) is 0 Å². The van der Waals surface area contributed by atoms with Gasteiger partial charge in [0.2, 0.25) is 5.75 Å². The molecule has 0 spiro atoms. The van der Waals surface area contributed by atoms with E-state index in [1.165, 1.54) is 21.3 Å². The quantitative estimate of drug-likeness (QED) is 0.860. The summed E-state index contributed by atoms with van der Waals surface area (Å²) in [5, 5.41) is 9.48. The average Bonchev–Trinajstić information content (AvgIpc) is 2.68. The highest BCUT2D eigenvalue weighted by Gasteiger charge is 2.31. The van der Waals surface area contributed by atoms with Crippen LogP contribution in [0.2, 0.25) is 0 Å². The minimum atomic E-state index is -0.356. The van der Waals surface area contributed by atoms with Crippen LogP contribution in [-0.4, -0.2) is 42.4 Å². The Hall–Kier alpha value is -2.15. The van der Waals surface area contributed by atoms with E-state index in [4.69, 9.17) is 9.47 Å². The van der Waals surface area contributed by atoms with Crippen molar-refractivity contribution in [3.05, 3.63) is 22.6 Å². The molecular formula is C13H13NO5S. The largest absolute Gasteiger partial charge is 0.502 e. The number of nitrogens with zero attached hydrogens (tertiary/aromatic N) is 1. The number of hydrogen-bond donors (Lipinski definition) is 1. The predicted octanol–water partition coefficient (Wildman–Crippen LogP) is 2.08. The second-order valence-electron chi connectivity index (χ2n) is 4.01. The molecule has 1 aliphatic rings. The van der Waals surface area contributed by atoms with Gasteiger partial charge < -0.3 is 14.6 Å². The maximum Gasteiger partial charge on any atom is 0.293 e. The van der Waals surface area contributed by atoms with Crippen molar-refractivity contribution in [2.24, 2.45) is 0 Å². The number of amides is 2. The van der Waals surface area contributed by atoms with E-state index >= 15 is 0 Å². The Morgan fingerprint density at radius 3 is 2.15 bits per heavy atom. The fourth-order valence-electron chi connectivity index (χ4n) is 1.69. The fraction of sp³-hybridized carbons (Fsp3) is 0.231. The van der Waals surface area contributed by atoms with E-state index in [-0.39, 0.29) is 28.4 Å². The first kappa shape index (κ1) is 14.3. The molecule has 0 aliphatic carbocycles. The van der Waals surface area contributed by atoms with Crippen LogP contribution in [0, 0.1) is 0 Å². The van der Waals surface area contributed by atoms with E-state index in [0.29, 0.717) is 10.5 Å². The van der Waals surface area contributed by atoms with Crippen LogP contribution in [0.3, 0.4) is 0 Å². The molecule has 0 bridgehead atoms. The summed E-state index contributed by atoms with van der Waals surface area (Å²) in [5.41, 5.74) is 0.593. The number of methoxy groups -OCH3 is 2. The van der Waals surface area contributed by atoms with Gasteiger partial charge in [-0.1, -0.05) is 0 Å². The number of phenols is 1. The topological polar surface area (TPSA) is 76.1 Å². The van der Waals surface area contributed by atoms with Crippen molar-refractivity contribution in [1.29, 1.82) is 0 Å². The maximum absolute atomic E-state index is 11.8. The van der Waals surface area contributed by atoms with E-state index in [1.54, 1.807) is 18.2 Å². The monoisotopic (exact) mass is 295 g/mol. The van der Waals surface area contributed by atoms with E-state index in [0.717, 1.165) is 16.7 Å². The van der Waals surface area contributed by atoms with Gasteiger partial charge in [-0.05, 0) is 35.5 Å². The van der Waals surface area contributed by atoms with Crippen LogP contribution in [0.4, 0.5) is 4.79 Å². The van der Waals surface area contributed by atoms with Crippen molar-refractivity contribution in [1.82, 2.24) is 4.90 Å². The van der Waals surface area contributed by atoms with Gasteiger partial charge in [-0.2, -0.15) is 0 Å². The number of thioether (sulfide) groups is 1. The molecule has 1 aromatic carbocycles. The van der Waals surface area contributed by atoms with Crippen LogP contribution in [0.5, 0.6) is 17.2 Å². The standard InChI is InChI=1S/C13H13NO5S/c1-14-12(16)10(20-13(14)17)6-7-4-8(18-2)11(15)9(5-7)19-3/h4-6,15H,1-3H3/b10-6-. The third-order valence-corrected chi connectivity index (χ3v) is 3.75. The number of ether oxygens (including phenoxy) is 2. The van der Waals surface area contributed by atoms with Crippen LogP contribution < -0.4 is 9.47 Å². The molecule has 0 unspecified atom stereocenters. The summed E-state index contributed by atoms with van der Waals surface area (Å²) in [7, 11) is 4.26. The lowest BCUT2D eigenvalue weighted by atomic mass is 10.1. The lowest BCUT2D eigenvalue weighted by Gasteiger charge is -2.09. The molecule has 0 saturated carbocycles. The fourth-order valence-corrected chi connectivity index (χ4v) is 2.52. The third-order valence-electron chi connectivity index (χ3n) is 2.79. The van der Waals surface area contributed by atoms with Gasteiger partial charge in [0.15, 0.2) is 11.5 Å². The highest BCUT2D eigenvalue weighted by atomic mass is 32.2. The number of rotatable bonds is 3. The second kappa shape index (κ2) is 5.46. The summed E-state index contributed by atoms with van der Waals surface area (Å²) >= 11 is 0.862. The zero-order valence-electron chi connectivity index (χ0n) is 11.2. The molecule has 106 valence electrons. The first-order chi connectivity index (χ1) is 9.47. The lowest BCUT2D eigenvalue weighted by Crippen LogP contribution is -2.22. The summed E-state index contributed by atoms with van der Waals surface area (Å²) < 4.78 is 10.1. The molecule has 1 N–H and O–H groups in total. The van der Waals surface area contributed by atoms with Crippen LogP contribution in [-0.2, 0) is 4.79 Å². The van der Waals surface area contributed by atoms with Crippen LogP contribution in [0.1, 0.15) is 5.56 Å². The minimum Gasteiger partial charge on any atom is -0.502 e. The van der Waals surface area contributed by atoms with E-state index < -0.39 is 0 Å². The molecule has 1 saturated heterocycles. The Balaban J connectivity index is 2.44. The number of phenolic OH excluding ortho intramolecular Hbond substituents is 1. The van der Waals surface area contributed by atoms with Gasteiger partial charge in [0.05, 0.1) is 19.1 Å². The normalized spacial score (nSPS) is 16.9. The van der Waals surface area contributed by atoms with Gasteiger partial charge in [0, 0.05) is 7.05 Å². The molecule has 1 aliphatic heterocycles. The number of aromatic hydroxyl groups is 1. The molecule has 7 heteroatoms. The summed E-state index contributed by atoms with van der Waals surface area (Å²) in [6.45, 7) is 0. The first-order valence-corrected chi connectivity index (χ1v) is 6.46. The molecule has 1 fully saturated rings. The molecule has 20 heavy (non-hydrogen) atoms. The number of likely N-dealkylation sites (N-methyl/N-ethyl adjacent to an activating group) is 1. The minimum absolute atomic E-state index is 0.115.